The Hall–Kier alpha value is -4.33. The van der Waals surface area contributed by atoms with Gasteiger partial charge in [-0.1, -0.05) is 12.1 Å². The summed E-state index contributed by atoms with van der Waals surface area (Å²) in [5.74, 6) is 4.71. The van der Waals surface area contributed by atoms with Crippen molar-refractivity contribution in [3.63, 3.8) is 0 Å². The highest BCUT2D eigenvalue weighted by Crippen LogP contribution is 2.38. The van der Waals surface area contributed by atoms with Crippen LogP contribution in [0.4, 0.5) is 5.82 Å². The van der Waals surface area contributed by atoms with Crippen molar-refractivity contribution < 1.29 is 14.2 Å². The number of nitrogens with zero attached hydrogens (tertiary/aromatic N) is 4. The van der Waals surface area contributed by atoms with Crippen LogP contribution in [0.25, 0.3) is 22.9 Å². The molecular formula is C31H33N5O3. The molecule has 1 aliphatic carbocycles. The maximum atomic E-state index is 5.50. The van der Waals surface area contributed by atoms with Crippen LogP contribution in [-0.4, -0.2) is 54.4 Å². The van der Waals surface area contributed by atoms with Crippen molar-refractivity contribution in [2.45, 2.75) is 32.1 Å². The monoisotopic (exact) mass is 523 g/mol. The maximum absolute atomic E-state index is 5.50. The van der Waals surface area contributed by atoms with Crippen LogP contribution >= 0.6 is 0 Å². The summed E-state index contributed by atoms with van der Waals surface area (Å²) in [5.41, 5.74) is 7.66. The largest absolute Gasteiger partial charge is 0.497 e. The molecule has 1 fully saturated rings. The number of piperidine rings is 1. The van der Waals surface area contributed by atoms with Gasteiger partial charge >= 0.3 is 0 Å². The molecule has 8 nitrogen and oxygen atoms in total. The minimum absolute atomic E-state index is 0.367. The van der Waals surface area contributed by atoms with Crippen molar-refractivity contribution in [2.75, 3.05) is 39.3 Å². The van der Waals surface area contributed by atoms with Gasteiger partial charge in [0.1, 0.15) is 23.7 Å². The van der Waals surface area contributed by atoms with E-state index in [9.17, 15) is 0 Å². The summed E-state index contributed by atoms with van der Waals surface area (Å²) in [6.45, 7) is 3.91. The molecule has 0 amide bonds. The second kappa shape index (κ2) is 10.4. The fraction of sp³-hybridized carbons (Fsp3) is 0.323. The second-order valence-electron chi connectivity index (χ2n) is 10.1. The van der Waals surface area contributed by atoms with Crippen molar-refractivity contribution >= 4 is 17.5 Å². The number of H-pyrrole nitrogens is 1. The summed E-state index contributed by atoms with van der Waals surface area (Å²) in [4.78, 5) is 20.3. The molecule has 200 valence electrons. The van der Waals surface area contributed by atoms with Crippen LogP contribution in [0.2, 0.25) is 0 Å². The fourth-order valence-corrected chi connectivity index (χ4v) is 5.68. The van der Waals surface area contributed by atoms with Crippen LogP contribution in [0.1, 0.15) is 47.1 Å². The quantitative estimate of drug-likeness (QED) is 0.333. The lowest BCUT2D eigenvalue weighted by Gasteiger charge is -2.32. The molecule has 2 aliphatic rings. The van der Waals surface area contributed by atoms with E-state index in [4.69, 9.17) is 24.2 Å². The molecule has 2 aromatic heterocycles. The predicted octanol–water partition coefficient (Wildman–Crippen LogP) is 5.68. The van der Waals surface area contributed by atoms with Gasteiger partial charge in [0.15, 0.2) is 11.5 Å². The Bertz CT molecular complexity index is 1540. The molecule has 8 heteroatoms. The number of nitrogens with one attached hydrogen (secondary N) is 1. The van der Waals surface area contributed by atoms with Crippen molar-refractivity contribution in [2.24, 2.45) is 0 Å². The number of aromatic nitrogens is 4. The molecule has 1 saturated heterocycles. The van der Waals surface area contributed by atoms with Gasteiger partial charge in [0.05, 0.1) is 32.7 Å². The molecule has 2 aromatic carbocycles. The van der Waals surface area contributed by atoms with Crippen LogP contribution in [-0.2, 0) is 6.42 Å². The van der Waals surface area contributed by atoms with Crippen LogP contribution in [0.5, 0.6) is 17.2 Å². The van der Waals surface area contributed by atoms with E-state index in [1.54, 1.807) is 27.7 Å². The van der Waals surface area contributed by atoms with Crippen molar-refractivity contribution in [3.8, 4) is 28.5 Å². The van der Waals surface area contributed by atoms with E-state index < -0.39 is 0 Å². The van der Waals surface area contributed by atoms with E-state index >= 15 is 0 Å². The summed E-state index contributed by atoms with van der Waals surface area (Å²) < 4.78 is 16.3. The van der Waals surface area contributed by atoms with Gasteiger partial charge in [0, 0.05) is 42.2 Å². The highest BCUT2D eigenvalue weighted by molar-refractivity contribution is 5.91. The second-order valence-corrected chi connectivity index (χ2v) is 10.1. The molecule has 0 atom stereocenters. The molecule has 6 rings (SSSR count). The van der Waals surface area contributed by atoms with Crippen LogP contribution in [0.3, 0.4) is 0 Å². The number of fused-ring (bicyclic) bond motifs is 1. The number of aromatic amines is 1. The first kappa shape index (κ1) is 25.0. The number of rotatable bonds is 7. The number of ether oxygens (including phenoxy) is 3. The zero-order valence-corrected chi connectivity index (χ0v) is 22.8. The molecule has 1 aliphatic heterocycles. The van der Waals surface area contributed by atoms with Gasteiger partial charge in [-0.05, 0) is 67.3 Å². The number of anilines is 1. The first-order chi connectivity index (χ1) is 19.1. The first-order valence-corrected chi connectivity index (χ1v) is 13.3. The Labute approximate surface area is 228 Å². The molecule has 39 heavy (non-hydrogen) atoms. The molecule has 0 radical (unpaired) electrons. The molecular weight excluding hydrogens is 490 g/mol. The topological polar surface area (TPSA) is 85.4 Å². The fourth-order valence-electron chi connectivity index (χ4n) is 5.68. The number of allylic oxidation sites excluding steroid dienone is 1. The van der Waals surface area contributed by atoms with Gasteiger partial charge in [-0.2, -0.15) is 0 Å². The number of benzene rings is 2. The molecule has 0 saturated carbocycles. The number of methoxy groups -OCH3 is 3. The summed E-state index contributed by atoms with van der Waals surface area (Å²) in [6.07, 6.45) is 6.76. The highest BCUT2D eigenvalue weighted by atomic mass is 16.5. The molecule has 0 unspecified atom stereocenters. The average Bonchev–Trinajstić information content (AvgIpc) is 3.61. The third kappa shape index (κ3) is 4.71. The van der Waals surface area contributed by atoms with E-state index in [-0.39, 0.29) is 0 Å². The van der Waals surface area contributed by atoms with Gasteiger partial charge in [-0.15, -0.1) is 0 Å². The van der Waals surface area contributed by atoms with Gasteiger partial charge in [0.25, 0.3) is 0 Å². The normalized spacial score (nSPS) is 15.2. The van der Waals surface area contributed by atoms with Crippen LogP contribution < -0.4 is 19.1 Å². The summed E-state index contributed by atoms with van der Waals surface area (Å²) in [6, 6.07) is 14.1. The van der Waals surface area contributed by atoms with E-state index in [2.05, 4.69) is 40.0 Å². The van der Waals surface area contributed by atoms with E-state index in [1.807, 2.05) is 30.3 Å². The van der Waals surface area contributed by atoms with E-state index in [1.165, 1.54) is 5.57 Å². The minimum atomic E-state index is 0.367. The molecule has 0 bridgehead atoms. The lowest BCUT2D eigenvalue weighted by Crippen LogP contribution is -2.34. The van der Waals surface area contributed by atoms with Crippen LogP contribution in [0, 0.1) is 6.92 Å². The van der Waals surface area contributed by atoms with E-state index in [0.717, 1.165) is 83.5 Å². The van der Waals surface area contributed by atoms with Gasteiger partial charge in [-0.25, -0.2) is 15.0 Å². The Balaban J connectivity index is 1.19. The third-order valence-corrected chi connectivity index (χ3v) is 7.80. The molecule has 0 spiro atoms. The lowest BCUT2D eigenvalue weighted by molar-refractivity contribution is 0.355. The van der Waals surface area contributed by atoms with Gasteiger partial charge in [-0.3, -0.25) is 0 Å². The van der Waals surface area contributed by atoms with Crippen molar-refractivity contribution in [3.05, 3.63) is 77.1 Å². The lowest BCUT2D eigenvalue weighted by atomic mass is 9.96. The molecule has 4 aromatic rings. The Morgan fingerprint density at radius 2 is 1.72 bits per heavy atom. The number of imidazole rings is 1. The number of hydrogen-bond donors (Lipinski definition) is 1. The SMILES string of the molecule is COc1cccc(C2=Cc3c(ncnc3N3CCC(c4nc(-c5ccc(OC)c(OC)c5)c(C)[nH]4)CC3)C2)c1. The summed E-state index contributed by atoms with van der Waals surface area (Å²) >= 11 is 0. The highest BCUT2D eigenvalue weighted by Gasteiger charge is 2.28. The molecule has 3 heterocycles. The summed E-state index contributed by atoms with van der Waals surface area (Å²) in [7, 11) is 5.00. The zero-order valence-electron chi connectivity index (χ0n) is 22.8. The smallest absolute Gasteiger partial charge is 0.161 e. The zero-order chi connectivity index (χ0) is 26.9. The van der Waals surface area contributed by atoms with Crippen LogP contribution in [0.15, 0.2) is 48.8 Å². The van der Waals surface area contributed by atoms with Gasteiger partial charge < -0.3 is 24.1 Å². The number of hydrogen-bond acceptors (Lipinski definition) is 7. The molecule has 1 N–H and O–H groups in total. The average molecular weight is 524 g/mol. The first-order valence-electron chi connectivity index (χ1n) is 13.3. The predicted molar refractivity (Wildman–Crippen MR) is 153 cm³/mol. The van der Waals surface area contributed by atoms with Gasteiger partial charge in [0.2, 0.25) is 0 Å². The minimum Gasteiger partial charge on any atom is -0.497 e. The number of aryl methyl sites for hydroxylation is 1. The standard InChI is InChI=1S/C31H33N5O3/c1-19-29(22-8-9-27(38-3)28(17-22)39-4)35-30(34-19)20-10-12-36(13-11-20)31-25-15-23(16-26(25)32-18-33-31)21-6-5-7-24(14-21)37-2/h5-9,14-15,17-18,20H,10-13,16H2,1-4H3,(H,34,35). The Kier molecular flexibility index (Phi) is 6.69. The van der Waals surface area contributed by atoms with Crippen molar-refractivity contribution in [1.82, 2.24) is 19.9 Å². The Morgan fingerprint density at radius 1 is 0.897 bits per heavy atom. The Morgan fingerprint density at radius 3 is 2.49 bits per heavy atom. The maximum Gasteiger partial charge on any atom is 0.161 e. The van der Waals surface area contributed by atoms with E-state index in [0.29, 0.717) is 17.4 Å². The van der Waals surface area contributed by atoms with Crippen molar-refractivity contribution in [1.29, 1.82) is 0 Å². The third-order valence-electron chi connectivity index (χ3n) is 7.80. The summed E-state index contributed by atoms with van der Waals surface area (Å²) in [5, 5.41) is 0.